The van der Waals surface area contributed by atoms with E-state index in [1.54, 1.807) is 0 Å². The number of benzene rings is 1. The van der Waals surface area contributed by atoms with Crippen LogP contribution in [0.5, 0.6) is 0 Å². The molecule has 12 heteroatoms. The number of hydrogen-bond acceptors (Lipinski definition) is 10. The second-order valence-corrected chi connectivity index (χ2v) is 9.12. The highest BCUT2D eigenvalue weighted by Gasteiger charge is 2.63. The molecule has 0 bridgehead atoms. The van der Waals surface area contributed by atoms with Crippen molar-refractivity contribution in [3.8, 4) is 12.3 Å². The predicted molar refractivity (Wildman–Crippen MR) is 136 cm³/mol. The molecule has 2 N–H and O–H groups in total. The number of hydrogen-bond donors (Lipinski definition) is 1. The Balaban J connectivity index is 2.08. The molecular weight excluding hydrogens is 518 g/mol. The Hall–Kier alpha value is -3.88. The van der Waals surface area contributed by atoms with Crippen molar-refractivity contribution in [2.75, 3.05) is 12.3 Å². The zero-order chi connectivity index (χ0) is 29.6. The first-order chi connectivity index (χ1) is 19.0. The maximum Gasteiger partial charge on any atom is 0.351 e. The minimum absolute atomic E-state index is 0.0945. The minimum atomic E-state index is -2.22. The van der Waals surface area contributed by atoms with Gasteiger partial charge in [-0.25, -0.2) is 9.59 Å². The van der Waals surface area contributed by atoms with Crippen LogP contribution in [0.25, 0.3) is 0 Å². The number of esters is 3. The van der Waals surface area contributed by atoms with Crippen LogP contribution in [0.15, 0.2) is 41.3 Å². The molecule has 11 nitrogen and oxygen atoms in total. The van der Waals surface area contributed by atoms with E-state index in [1.807, 2.05) is 0 Å². The van der Waals surface area contributed by atoms with Gasteiger partial charge in [-0.05, 0) is 30.3 Å². The first kappa shape index (κ1) is 25.8. The summed E-state index contributed by atoms with van der Waals surface area (Å²) in [6, 6.07) is 7.12. The number of aromatic nitrogens is 2. The summed E-state index contributed by atoms with van der Waals surface area (Å²) in [5, 5.41) is 0.398. The number of terminal acetylenes is 1. The van der Waals surface area contributed by atoms with Gasteiger partial charge in [-0.2, -0.15) is 4.98 Å². The molecule has 2 aromatic rings. The molecule has 0 amide bonds. The molecule has 0 saturated carbocycles. The van der Waals surface area contributed by atoms with Crippen molar-refractivity contribution < 1.29 is 36.1 Å². The Labute approximate surface area is 227 Å². The van der Waals surface area contributed by atoms with Gasteiger partial charge in [0.1, 0.15) is 18.5 Å². The van der Waals surface area contributed by atoms with Gasteiger partial charge in [0.15, 0.2) is 6.23 Å². The van der Waals surface area contributed by atoms with Gasteiger partial charge >= 0.3 is 23.6 Å². The number of carbonyl (C=O) groups is 3. The Kier molecular flexibility index (Phi) is 7.91. The van der Waals surface area contributed by atoms with Crippen molar-refractivity contribution in [2.45, 2.75) is 51.7 Å². The number of carbonyl (C=O) groups excluding carboxylic acids is 3. The fraction of sp³-hybridized carbons (Fsp3) is 0.423. The van der Waals surface area contributed by atoms with Crippen molar-refractivity contribution in [3.05, 3.63) is 57.6 Å². The molecule has 1 aromatic heterocycles. The van der Waals surface area contributed by atoms with Crippen LogP contribution in [0.4, 0.5) is 5.82 Å². The van der Waals surface area contributed by atoms with E-state index in [4.69, 9.17) is 45.4 Å². The quantitative estimate of drug-likeness (QED) is 0.296. The topological polar surface area (TPSA) is 149 Å². The molecule has 0 aliphatic carbocycles. The number of nitrogens with two attached hydrogens (primary N) is 1. The number of nitrogens with zero attached hydrogens (tertiary/aromatic N) is 2. The first-order valence-corrected chi connectivity index (χ1v) is 11.8. The highest BCUT2D eigenvalue weighted by molar-refractivity contribution is 6.30. The van der Waals surface area contributed by atoms with Crippen LogP contribution in [-0.4, -0.2) is 51.9 Å². The maximum atomic E-state index is 12.9. The van der Waals surface area contributed by atoms with Crippen molar-refractivity contribution >= 4 is 35.3 Å². The van der Waals surface area contributed by atoms with E-state index in [1.165, 1.54) is 50.4 Å². The molecule has 202 valence electrons. The van der Waals surface area contributed by atoms with Crippen LogP contribution in [0.1, 0.15) is 47.0 Å². The largest absolute Gasteiger partial charge is 0.459 e. The van der Waals surface area contributed by atoms with Crippen LogP contribution in [0.2, 0.25) is 5.02 Å². The van der Waals surface area contributed by atoms with Crippen LogP contribution in [0.3, 0.4) is 0 Å². The molecule has 1 saturated heterocycles. The normalized spacial score (nSPS) is 24.7. The lowest BCUT2D eigenvalue weighted by Gasteiger charge is -2.33. The molecule has 6 atom stereocenters. The molecule has 1 aliphatic heterocycles. The van der Waals surface area contributed by atoms with E-state index < -0.39 is 66.1 Å². The average Bonchev–Trinajstić information content (AvgIpc) is 3.23. The molecule has 2 heterocycles. The van der Waals surface area contributed by atoms with Crippen LogP contribution < -0.4 is 11.4 Å². The SMILES string of the molecule is [2H]CC(C)C(=O)O[C@H]1C(n2ccc(N)nc2=O)O[C@H](COC(=O)c2ccc(Cl)cc2)[C@@]1(C#C)OC(=O)C(C)C[2H]. The van der Waals surface area contributed by atoms with Crippen molar-refractivity contribution in [1.82, 2.24) is 9.55 Å². The van der Waals surface area contributed by atoms with Gasteiger partial charge in [-0.15, -0.1) is 6.42 Å². The lowest BCUT2D eigenvalue weighted by molar-refractivity contribution is -0.182. The number of nitrogen functional groups attached to an aromatic ring is 1. The number of ether oxygens (including phenoxy) is 4. The summed E-state index contributed by atoms with van der Waals surface area (Å²) in [5.74, 6) is -2.20. The van der Waals surface area contributed by atoms with E-state index in [0.29, 0.717) is 5.02 Å². The van der Waals surface area contributed by atoms with Gasteiger partial charge in [0, 0.05) is 14.0 Å². The van der Waals surface area contributed by atoms with Crippen molar-refractivity contribution in [3.63, 3.8) is 0 Å². The molecule has 1 fully saturated rings. The monoisotopic (exact) mass is 547 g/mol. The van der Waals surface area contributed by atoms with E-state index >= 15 is 0 Å². The van der Waals surface area contributed by atoms with Crippen molar-refractivity contribution in [2.24, 2.45) is 11.8 Å². The summed E-state index contributed by atoms with van der Waals surface area (Å²) in [6.07, 6.45) is 2.52. The third kappa shape index (κ3) is 5.98. The fourth-order valence-electron chi connectivity index (χ4n) is 3.53. The summed E-state index contributed by atoms with van der Waals surface area (Å²) in [4.78, 5) is 54.9. The van der Waals surface area contributed by atoms with Gasteiger partial charge in [-0.3, -0.25) is 14.2 Å². The zero-order valence-electron chi connectivity index (χ0n) is 22.7. The third-order valence-electron chi connectivity index (χ3n) is 5.58. The highest BCUT2D eigenvalue weighted by Crippen LogP contribution is 2.42. The van der Waals surface area contributed by atoms with Gasteiger partial charge in [0.05, 0.1) is 17.4 Å². The molecule has 0 spiro atoms. The Morgan fingerprint density at radius 1 is 1.24 bits per heavy atom. The number of anilines is 1. The Morgan fingerprint density at radius 3 is 2.50 bits per heavy atom. The highest BCUT2D eigenvalue weighted by atomic mass is 35.5. The van der Waals surface area contributed by atoms with E-state index in [2.05, 4.69) is 10.9 Å². The second kappa shape index (κ2) is 11.7. The van der Waals surface area contributed by atoms with Crippen molar-refractivity contribution in [1.29, 1.82) is 0 Å². The second-order valence-electron chi connectivity index (χ2n) is 8.68. The van der Waals surface area contributed by atoms with E-state index in [0.717, 1.165) is 4.57 Å². The molecule has 1 aliphatic rings. The molecule has 3 rings (SSSR count). The van der Waals surface area contributed by atoms with E-state index in [9.17, 15) is 19.2 Å². The first-order valence-electron chi connectivity index (χ1n) is 12.8. The Morgan fingerprint density at radius 2 is 1.89 bits per heavy atom. The summed E-state index contributed by atoms with van der Waals surface area (Å²) in [6.45, 7) is 1.60. The van der Waals surface area contributed by atoms with Crippen LogP contribution in [0, 0.1) is 24.2 Å². The molecule has 3 unspecified atom stereocenters. The lowest BCUT2D eigenvalue weighted by Crippen LogP contribution is -2.54. The van der Waals surface area contributed by atoms with E-state index in [-0.39, 0.29) is 25.2 Å². The minimum Gasteiger partial charge on any atom is -0.459 e. The standard InChI is InChI=1S/C26H28ClN3O8/c1-6-26(38-23(32)15(4)5)18(13-35-24(33)16-7-9-17(27)10-8-16)36-21(20(26)37-22(31)14(2)3)30-12-11-19(28)29-25(30)34/h1,7-12,14-15,18,20-21H,13H2,2-5H3,(H2,28,29,34)/t18-,20+,21?,26-/m1/s1/i2D,4D/t14?,15?,18-,20+,21?,26-. The predicted octanol–water partition coefficient (Wildman–Crippen LogP) is 2.37. The zero-order valence-corrected chi connectivity index (χ0v) is 21.4. The molecule has 0 radical (unpaired) electrons. The molecule has 1 aromatic carbocycles. The average molecular weight is 548 g/mol. The van der Waals surface area contributed by atoms with Crippen LogP contribution in [-0.2, 0) is 28.5 Å². The number of rotatable bonds is 8. The third-order valence-corrected chi connectivity index (χ3v) is 5.83. The summed E-state index contributed by atoms with van der Waals surface area (Å²) >= 11 is 5.88. The summed E-state index contributed by atoms with van der Waals surface area (Å²) in [5.41, 5.74) is 2.65. The van der Waals surface area contributed by atoms with Gasteiger partial charge in [0.2, 0.25) is 11.7 Å². The lowest BCUT2D eigenvalue weighted by atomic mass is 9.92. The number of halogens is 1. The Bertz CT molecular complexity index is 1350. The van der Waals surface area contributed by atoms with Gasteiger partial charge < -0.3 is 24.7 Å². The summed E-state index contributed by atoms with van der Waals surface area (Å²) < 4.78 is 38.8. The maximum absolute atomic E-state index is 12.9. The molecule has 38 heavy (non-hydrogen) atoms. The smallest absolute Gasteiger partial charge is 0.351 e. The van der Waals surface area contributed by atoms with Gasteiger partial charge in [0.25, 0.3) is 0 Å². The molecular formula is C26H28ClN3O8. The summed E-state index contributed by atoms with van der Waals surface area (Å²) in [7, 11) is 0. The van der Waals surface area contributed by atoms with Crippen LogP contribution >= 0.6 is 11.6 Å². The van der Waals surface area contributed by atoms with Gasteiger partial charge in [-0.1, -0.05) is 45.2 Å². The fourth-order valence-corrected chi connectivity index (χ4v) is 3.66.